The van der Waals surface area contributed by atoms with Crippen molar-refractivity contribution in [3.63, 3.8) is 0 Å². The average Bonchev–Trinajstić information content (AvgIpc) is 3.10. The van der Waals surface area contributed by atoms with Crippen LogP contribution < -0.4 is 4.74 Å². The largest absolute Gasteiger partial charge is 0.507 e. The molecule has 8 nitrogen and oxygen atoms in total. The third-order valence-corrected chi connectivity index (χ3v) is 5.83. The van der Waals surface area contributed by atoms with Crippen LogP contribution in [0.4, 0.5) is 0 Å². The highest BCUT2D eigenvalue weighted by Crippen LogP contribution is 2.39. The van der Waals surface area contributed by atoms with Crippen molar-refractivity contribution in [1.82, 2.24) is 14.8 Å². The Labute approximate surface area is 187 Å². The molecule has 8 heteroatoms. The second kappa shape index (κ2) is 9.93. The Bertz CT molecular complexity index is 1000. The fourth-order valence-corrected chi connectivity index (χ4v) is 4.17. The molecule has 1 aromatic carbocycles. The molecule has 2 fully saturated rings. The molecule has 1 N–H and O–H groups in total. The zero-order valence-electron chi connectivity index (χ0n) is 18.1. The number of morpholine rings is 1. The minimum absolute atomic E-state index is 0.0494. The summed E-state index contributed by atoms with van der Waals surface area (Å²) in [7, 11) is 1.53. The summed E-state index contributed by atoms with van der Waals surface area (Å²) in [5, 5.41) is 11.1. The van der Waals surface area contributed by atoms with Crippen molar-refractivity contribution >= 4 is 17.4 Å². The van der Waals surface area contributed by atoms with Crippen molar-refractivity contribution in [1.29, 1.82) is 0 Å². The summed E-state index contributed by atoms with van der Waals surface area (Å²) in [6.07, 6.45) is 2.32. The lowest BCUT2D eigenvalue weighted by atomic mass is 9.98. The number of carbonyl (C=O) groups is 2. The van der Waals surface area contributed by atoms with E-state index in [4.69, 9.17) is 9.47 Å². The molecule has 168 valence electrons. The number of rotatable bonds is 7. The number of Topliss-reactive ketones (excluding diaryl/α,β-unsaturated/α-hetero) is 1. The molecule has 32 heavy (non-hydrogen) atoms. The first-order valence-corrected chi connectivity index (χ1v) is 10.7. The Balaban J connectivity index is 1.65. The number of ketones is 1. The number of aliphatic hydroxyl groups excluding tert-OH is 1. The van der Waals surface area contributed by atoms with Crippen LogP contribution in [0.1, 0.15) is 23.7 Å². The third kappa shape index (κ3) is 4.51. The summed E-state index contributed by atoms with van der Waals surface area (Å²) in [5.74, 6) is -1.00. The molecule has 1 unspecified atom stereocenters. The Hall–Kier alpha value is -3.23. The number of methoxy groups -OCH3 is 1. The van der Waals surface area contributed by atoms with Crippen LogP contribution in [-0.2, 0) is 14.3 Å². The first-order valence-electron chi connectivity index (χ1n) is 10.7. The highest BCUT2D eigenvalue weighted by atomic mass is 16.5. The van der Waals surface area contributed by atoms with Gasteiger partial charge in [-0.2, -0.15) is 0 Å². The predicted molar refractivity (Wildman–Crippen MR) is 118 cm³/mol. The van der Waals surface area contributed by atoms with E-state index >= 15 is 0 Å². The quantitative estimate of drug-likeness (QED) is 0.403. The summed E-state index contributed by atoms with van der Waals surface area (Å²) in [4.78, 5) is 34.2. The molecular formula is C24H27N3O5. The van der Waals surface area contributed by atoms with Crippen molar-refractivity contribution in [2.75, 3.05) is 46.5 Å². The fraction of sp³-hybridized carbons (Fsp3) is 0.375. The topological polar surface area (TPSA) is 92.2 Å². The minimum Gasteiger partial charge on any atom is -0.507 e. The summed E-state index contributed by atoms with van der Waals surface area (Å²) < 4.78 is 10.6. The Morgan fingerprint density at radius 2 is 1.97 bits per heavy atom. The van der Waals surface area contributed by atoms with Crippen LogP contribution in [0, 0.1) is 0 Å². The average molecular weight is 437 g/mol. The monoisotopic (exact) mass is 437 g/mol. The number of benzene rings is 1. The molecule has 1 aromatic heterocycles. The smallest absolute Gasteiger partial charge is 0.295 e. The molecule has 0 spiro atoms. The molecule has 0 saturated carbocycles. The Morgan fingerprint density at radius 1 is 1.16 bits per heavy atom. The maximum absolute atomic E-state index is 13.0. The maximum atomic E-state index is 13.0. The van der Waals surface area contributed by atoms with Gasteiger partial charge in [-0.05, 0) is 30.7 Å². The number of hydrogen-bond acceptors (Lipinski definition) is 7. The van der Waals surface area contributed by atoms with Gasteiger partial charge in [0.05, 0.1) is 31.6 Å². The van der Waals surface area contributed by atoms with E-state index in [9.17, 15) is 14.7 Å². The second-order valence-electron chi connectivity index (χ2n) is 7.79. The molecule has 2 aliphatic heterocycles. The van der Waals surface area contributed by atoms with Crippen molar-refractivity contribution < 1.29 is 24.2 Å². The van der Waals surface area contributed by atoms with Gasteiger partial charge in [0.2, 0.25) is 0 Å². The van der Waals surface area contributed by atoms with Crippen LogP contribution in [0.15, 0.2) is 54.2 Å². The standard InChI is InChI=1S/C24H27N3O5/c1-31-18-7-4-6-17(16-18)22(28)20-21(19-8-2-3-9-25-19)27(24(30)23(20)29)11-5-10-26-12-14-32-15-13-26/h2-4,6-9,16,21,28H,5,10-15H2,1H3/b22-20-. The van der Waals surface area contributed by atoms with E-state index in [0.29, 0.717) is 43.2 Å². The van der Waals surface area contributed by atoms with Gasteiger partial charge in [-0.3, -0.25) is 19.5 Å². The van der Waals surface area contributed by atoms with Gasteiger partial charge in [-0.15, -0.1) is 0 Å². The van der Waals surface area contributed by atoms with Crippen LogP contribution in [0.5, 0.6) is 5.75 Å². The van der Waals surface area contributed by atoms with Gasteiger partial charge in [-0.1, -0.05) is 18.2 Å². The van der Waals surface area contributed by atoms with E-state index < -0.39 is 17.7 Å². The first-order chi connectivity index (χ1) is 15.6. The predicted octanol–water partition coefficient (Wildman–Crippen LogP) is 2.23. The fourth-order valence-electron chi connectivity index (χ4n) is 4.17. The second-order valence-corrected chi connectivity index (χ2v) is 7.79. The number of hydrogen-bond donors (Lipinski definition) is 1. The number of likely N-dealkylation sites (tertiary alicyclic amines) is 1. The van der Waals surface area contributed by atoms with Gasteiger partial charge in [0.15, 0.2) is 0 Å². The van der Waals surface area contributed by atoms with Gasteiger partial charge in [0, 0.05) is 37.9 Å². The number of ether oxygens (including phenoxy) is 2. The number of pyridine rings is 1. The van der Waals surface area contributed by atoms with E-state index in [1.54, 1.807) is 42.6 Å². The van der Waals surface area contributed by atoms with Gasteiger partial charge in [-0.25, -0.2) is 0 Å². The normalized spacial score (nSPS) is 21.2. The van der Waals surface area contributed by atoms with Crippen molar-refractivity contribution in [3.05, 3.63) is 65.5 Å². The summed E-state index contributed by atoms with van der Waals surface area (Å²) in [5.41, 5.74) is 1.01. The molecule has 2 aromatic rings. The molecule has 4 rings (SSSR count). The molecule has 0 aliphatic carbocycles. The lowest BCUT2D eigenvalue weighted by molar-refractivity contribution is -0.140. The molecule has 2 saturated heterocycles. The van der Waals surface area contributed by atoms with E-state index in [1.165, 1.54) is 12.0 Å². The van der Waals surface area contributed by atoms with Gasteiger partial charge < -0.3 is 19.5 Å². The molecule has 0 bridgehead atoms. The lowest BCUT2D eigenvalue weighted by Gasteiger charge is -2.28. The lowest BCUT2D eigenvalue weighted by Crippen LogP contribution is -2.39. The van der Waals surface area contributed by atoms with Gasteiger partial charge in [0.25, 0.3) is 11.7 Å². The van der Waals surface area contributed by atoms with Gasteiger partial charge in [0.1, 0.15) is 17.6 Å². The van der Waals surface area contributed by atoms with Crippen LogP contribution in [0.25, 0.3) is 5.76 Å². The van der Waals surface area contributed by atoms with Gasteiger partial charge >= 0.3 is 0 Å². The van der Waals surface area contributed by atoms with E-state index in [2.05, 4.69) is 9.88 Å². The van der Waals surface area contributed by atoms with Crippen molar-refractivity contribution in [3.8, 4) is 5.75 Å². The van der Waals surface area contributed by atoms with Crippen LogP contribution in [0.2, 0.25) is 0 Å². The Kier molecular flexibility index (Phi) is 6.82. The van der Waals surface area contributed by atoms with Crippen LogP contribution in [0.3, 0.4) is 0 Å². The zero-order valence-corrected chi connectivity index (χ0v) is 18.1. The third-order valence-electron chi connectivity index (χ3n) is 5.83. The molecule has 2 aliphatic rings. The van der Waals surface area contributed by atoms with E-state index in [0.717, 1.165) is 19.6 Å². The first kappa shape index (κ1) is 22.0. The Morgan fingerprint density at radius 3 is 2.69 bits per heavy atom. The highest BCUT2D eigenvalue weighted by Gasteiger charge is 2.46. The van der Waals surface area contributed by atoms with E-state index in [1.807, 2.05) is 6.07 Å². The van der Waals surface area contributed by atoms with Crippen molar-refractivity contribution in [2.24, 2.45) is 0 Å². The summed E-state index contributed by atoms with van der Waals surface area (Å²) in [6, 6.07) is 11.4. The minimum atomic E-state index is -0.743. The van der Waals surface area contributed by atoms with Crippen LogP contribution >= 0.6 is 0 Å². The maximum Gasteiger partial charge on any atom is 0.295 e. The molecule has 0 radical (unpaired) electrons. The number of nitrogens with zero attached hydrogens (tertiary/aromatic N) is 3. The zero-order chi connectivity index (χ0) is 22.5. The molecule has 3 heterocycles. The van der Waals surface area contributed by atoms with E-state index in [-0.39, 0.29) is 11.3 Å². The molecule has 1 amide bonds. The molecular weight excluding hydrogens is 410 g/mol. The number of aliphatic hydroxyl groups is 1. The number of carbonyl (C=O) groups excluding carboxylic acids is 2. The SMILES string of the molecule is COc1cccc(/C(O)=C2/C(=O)C(=O)N(CCCN3CCOCC3)C2c2ccccn2)c1. The summed E-state index contributed by atoms with van der Waals surface area (Å²) in [6.45, 7) is 4.32. The number of amides is 1. The highest BCUT2D eigenvalue weighted by molar-refractivity contribution is 6.46. The van der Waals surface area contributed by atoms with Crippen LogP contribution in [-0.4, -0.2) is 78.1 Å². The molecule has 1 atom stereocenters. The van der Waals surface area contributed by atoms with Crippen molar-refractivity contribution in [2.45, 2.75) is 12.5 Å². The summed E-state index contributed by atoms with van der Waals surface area (Å²) >= 11 is 0. The number of aromatic nitrogens is 1.